The van der Waals surface area contributed by atoms with Crippen LogP contribution in [-0.2, 0) is 6.42 Å². The summed E-state index contributed by atoms with van der Waals surface area (Å²) in [6, 6.07) is 5.13. The van der Waals surface area contributed by atoms with Gasteiger partial charge < -0.3 is 5.32 Å². The van der Waals surface area contributed by atoms with E-state index in [9.17, 15) is 10.1 Å². The third-order valence-electron chi connectivity index (χ3n) is 2.63. The van der Waals surface area contributed by atoms with Crippen LogP contribution in [0.3, 0.4) is 0 Å². The zero-order chi connectivity index (χ0) is 15.4. The van der Waals surface area contributed by atoms with Crippen molar-refractivity contribution in [3.05, 3.63) is 55.4 Å². The van der Waals surface area contributed by atoms with E-state index in [4.69, 9.17) is 34.8 Å². The zero-order valence-corrected chi connectivity index (χ0v) is 12.8. The van der Waals surface area contributed by atoms with E-state index >= 15 is 0 Å². The monoisotopic (exact) mass is 346 g/mol. The lowest BCUT2D eigenvalue weighted by Crippen LogP contribution is -2.09. The van der Waals surface area contributed by atoms with Crippen molar-refractivity contribution in [1.82, 2.24) is 9.97 Å². The van der Waals surface area contributed by atoms with Gasteiger partial charge in [-0.2, -0.15) is 4.98 Å². The molecule has 0 atom stereocenters. The number of nitrogens with zero attached hydrogens (tertiary/aromatic N) is 3. The molecule has 1 aromatic heterocycles. The van der Waals surface area contributed by atoms with Crippen LogP contribution in [0.25, 0.3) is 0 Å². The summed E-state index contributed by atoms with van der Waals surface area (Å²) in [4.78, 5) is 17.7. The van der Waals surface area contributed by atoms with Gasteiger partial charge in [-0.1, -0.05) is 23.2 Å². The Balaban J connectivity index is 2.08. The number of halogens is 3. The molecule has 6 nitrogen and oxygen atoms in total. The Kier molecular flexibility index (Phi) is 5.17. The third kappa shape index (κ3) is 4.17. The minimum Gasteiger partial charge on any atom is -0.364 e. The zero-order valence-electron chi connectivity index (χ0n) is 10.5. The maximum atomic E-state index is 10.9. The van der Waals surface area contributed by atoms with Crippen LogP contribution in [0.5, 0.6) is 0 Å². The van der Waals surface area contributed by atoms with Gasteiger partial charge in [0.1, 0.15) is 6.20 Å². The minimum absolute atomic E-state index is 0.0658. The Bertz CT molecular complexity index is 682. The van der Waals surface area contributed by atoms with Crippen LogP contribution >= 0.6 is 34.8 Å². The Morgan fingerprint density at radius 2 is 2.05 bits per heavy atom. The molecule has 0 aliphatic heterocycles. The summed E-state index contributed by atoms with van der Waals surface area (Å²) >= 11 is 17.6. The van der Waals surface area contributed by atoms with Gasteiger partial charge in [-0.25, -0.2) is 4.98 Å². The summed E-state index contributed by atoms with van der Waals surface area (Å²) in [7, 11) is 0. The number of hydrogen-bond donors (Lipinski definition) is 1. The fourth-order valence-corrected chi connectivity index (χ4v) is 2.21. The van der Waals surface area contributed by atoms with E-state index in [1.807, 2.05) is 0 Å². The lowest BCUT2D eigenvalue weighted by molar-refractivity contribution is -0.384. The van der Waals surface area contributed by atoms with Crippen molar-refractivity contribution in [2.75, 3.05) is 11.9 Å². The maximum absolute atomic E-state index is 10.9. The van der Waals surface area contributed by atoms with Gasteiger partial charge in [0.2, 0.25) is 11.1 Å². The maximum Gasteiger partial charge on any atom is 0.329 e. The highest BCUT2D eigenvalue weighted by Gasteiger charge is 2.16. The summed E-state index contributed by atoms with van der Waals surface area (Å²) in [6.07, 6.45) is 1.59. The highest BCUT2D eigenvalue weighted by molar-refractivity contribution is 6.33. The van der Waals surface area contributed by atoms with Crippen LogP contribution in [0.4, 0.5) is 11.5 Å². The normalized spacial score (nSPS) is 10.4. The average molecular weight is 348 g/mol. The topological polar surface area (TPSA) is 81.0 Å². The lowest BCUT2D eigenvalue weighted by atomic mass is 10.1. The summed E-state index contributed by atoms with van der Waals surface area (Å²) in [6.45, 7) is 0.383. The molecule has 0 saturated heterocycles. The summed E-state index contributed by atoms with van der Waals surface area (Å²) in [5.74, 6) is 0.0677. The predicted octanol–water partition coefficient (Wildman–Crippen LogP) is 4.00. The standard InChI is InChI=1S/C12H9Cl3N4O2/c13-8-1-2-9(14)7(5-8)3-4-16-11-10(19(20)21)6-17-12(15)18-11/h1-2,5-6H,3-4H2,(H,16,17,18). The van der Waals surface area contributed by atoms with Crippen molar-refractivity contribution in [3.63, 3.8) is 0 Å². The molecule has 0 radical (unpaired) electrons. The molecule has 2 rings (SSSR count). The predicted molar refractivity (Wildman–Crippen MR) is 82.4 cm³/mol. The SMILES string of the molecule is O=[N+]([O-])c1cnc(Cl)nc1NCCc1cc(Cl)ccc1Cl. The molecular formula is C12H9Cl3N4O2. The molecule has 110 valence electrons. The Hall–Kier alpha value is -1.63. The molecule has 0 amide bonds. The van der Waals surface area contributed by atoms with E-state index in [1.54, 1.807) is 18.2 Å². The molecule has 1 heterocycles. The third-order valence-corrected chi connectivity index (χ3v) is 3.42. The Labute approximate surface area is 135 Å². The van der Waals surface area contributed by atoms with Crippen molar-refractivity contribution >= 4 is 46.3 Å². The van der Waals surface area contributed by atoms with E-state index in [1.165, 1.54) is 0 Å². The van der Waals surface area contributed by atoms with Crippen molar-refractivity contribution in [2.24, 2.45) is 0 Å². The molecule has 0 aliphatic rings. The first kappa shape index (κ1) is 15.8. The Morgan fingerprint density at radius 3 is 2.76 bits per heavy atom. The first-order valence-corrected chi connectivity index (χ1v) is 6.95. The first-order valence-electron chi connectivity index (χ1n) is 5.82. The van der Waals surface area contributed by atoms with Gasteiger partial charge in [-0.05, 0) is 41.8 Å². The largest absolute Gasteiger partial charge is 0.364 e. The second-order valence-electron chi connectivity index (χ2n) is 4.04. The number of rotatable bonds is 5. The minimum atomic E-state index is -0.578. The second kappa shape index (κ2) is 6.89. The van der Waals surface area contributed by atoms with Crippen LogP contribution in [-0.4, -0.2) is 21.4 Å². The number of anilines is 1. The van der Waals surface area contributed by atoms with Gasteiger partial charge in [0.05, 0.1) is 4.92 Å². The van der Waals surface area contributed by atoms with Gasteiger partial charge in [0, 0.05) is 16.6 Å². The fraction of sp³-hybridized carbons (Fsp3) is 0.167. The lowest BCUT2D eigenvalue weighted by Gasteiger charge is -2.08. The van der Waals surface area contributed by atoms with Crippen LogP contribution in [0.15, 0.2) is 24.4 Å². The van der Waals surface area contributed by atoms with Crippen molar-refractivity contribution < 1.29 is 4.92 Å². The molecule has 1 aromatic carbocycles. The number of nitro groups is 1. The molecule has 9 heteroatoms. The van der Waals surface area contributed by atoms with Gasteiger partial charge >= 0.3 is 5.69 Å². The number of hydrogen-bond acceptors (Lipinski definition) is 5. The molecular weight excluding hydrogens is 339 g/mol. The Morgan fingerprint density at radius 1 is 1.29 bits per heavy atom. The quantitative estimate of drug-likeness (QED) is 0.502. The highest BCUT2D eigenvalue weighted by atomic mass is 35.5. The van der Waals surface area contributed by atoms with Crippen molar-refractivity contribution in [2.45, 2.75) is 6.42 Å². The molecule has 0 unspecified atom stereocenters. The van der Waals surface area contributed by atoms with Gasteiger partial charge in [0.15, 0.2) is 0 Å². The van der Waals surface area contributed by atoms with Crippen LogP contribution in [0.2, 0.25) is 15.3 Å². The van der Waals surface area contributed by atoms with Gasteiger partial charge in [-0.3, -0.25) is 10.1 Å². The molecule has 0 fully saturated rings. The van der Waals surface area contributed by atoms with Crippen LogP contribution < -0.4 is 5.32 Å². The number of aromatic nitrogens is 2. The highest BCUT2D eigenvalue weighted by Crippen LogP contribution is 2.23. The molecule has 0 spiro atoms. The molecule has 21 heavy (non-hydrogen) atoms. The summed E-state index contributed by atoms with van der Waals surface area (Å²) in [5.41, 5.74) is 0.594. The van der Waals surface area contributed by atoms with Crippen LogP contribution in [0, 0.1) is 10.1 Å². The first-order chi connectivity index (χ1) is 9.97. The number of benzene rings is 1. The number of nitrogens with one attached hydrogen (secondary N) is 1. The van der Waals surface area contributed by atoms with E-state index in [0.29, 0.717) is 23.0 Å². The smallest absolute Gasteiger partial charge is 0.329 e. The van der Waals surface area contributed by atoms with E-state index in [2.05, 4.69) is 15.3 Å². The molecule has 0 bridgehead atoms. The van der Waals surface area contributed by atoms with E-state index in [-0.39, 0.29) is 16.8 Å². The molecule has 2 aromatic rings. The second-order valence-corrected chi connectivity index (χ2v) is 5.22. The van der Waals surface area contributed by atoms with Crippen LogP contribution in [0.1, 0.15) is 5.56 Å². The van der Waals surface area contributed by atoms with Crippen molar-refractivity contribution in [1.29, 1.82) is 0 Å². The average Bonchev–Trinajstić information content (AvgIpc) is 2.42. The van der Waals surface area contributed by atoms with E-state index < -0.39 is 4.92 Å². The van der Waals surface area contributed by atoms with E-state index in [0.717, 1.165) is 11.8 Å². The molecule has 0 aliphatic carbocycles. The van der Waals surface area contributed by atoms with Gasteiger partial charge in [0.25, 0.3) is 0 Å². The summed E-state index contributed by atoms with van der Waals surface area (Å²) in [5, 5.41) is 14.8. The van der Waals surface area contributed by atoms with Crippen molar-refractivity contribution in [3.8, 4) is 0 Å². The van der Waals surface area contributed by atoms with Gasteiger partial charge in [-0.15, -0.1) is 0 Å². The molecule has 0 saturated carbocycles. The molecule has 1 N–H and O–H groups in total. The fourth-order valence-electron chi connectivity index (χ4n) is 1.67. The summed E-state index contributed by atoms with van der Waals surface area (Å²) < 4.78 is 0.